The van der Waals surface area contributed by atoms with Crippen LogP contribution in [-0.4, -0.2) is 38.2 Å². The topological polar surface area (TPSA) is 94.3 Å². The van der Waals surface area contributed by atoms with E-state index in [4.69, 9.17) is 9.84 Å². The third kappa shape index (κ3) is 3.13. The van der Waals surface area contributed by atoms with Crippen LogP contribution in [0, 0.1) is 0 Å². The molecule has 24 heavy (non-hydrogen) atoms. The summed E-state index contributed by atoms with van der Waals surface area (Å²) in [6.45, 7) is 2.29. The maximum atomic E-state index is 11.8. The molecule has 1 N–H and O–H groups in total. The van der Waals surface area contributed by atoms with Gasteiger partial charge in [0, 0.05) is 11.9 Å². The average Bonchev–Trinajstić information content (AvgIpc) is 3.17. The number of benzene rings is 1. The van der Waals surface area contributed by atoms with E-state index in [1.54, 1.807) is 12.3 Å². The smallest absolute Gasteiger partial charge is 0.357 e. The number of carboxylic acid groups (broad SMARTS) is 1. The maximum Gasteiger partial charge on any atom is 0.357 e. The van der Waals surface area contributed by atoms with E-state index in [1.165, 1.54) is 11.3 Å². The van der Waals surface area contributed by atoms with Crippen LogP contribution in [-0.2, 0) is 16.1 Å². The Hall–Kier alpha value is -2.74. The molecule has 0 fully saturated rings. The van der Waals surface area contributed by atoms with Gasteiger partial charge in [-0.15, -0.1) is 11.3 Å². The highest BCUT2D eigenvalue weighted by molar-refractivity contribution is 7.13. The van der Waals surface area contributed by atoms with Gasteiger partial charge in [0.2, 0.25) is 0 Å². The van der Waals surface area contributed by atoms with Gasteiger partial charge in [0.25, 0.3) is 0 Å². The first-order valence-corrected chi connectivity index (χ1v) is 8.28. The van der Waals surface area contributed by atoms with Gasteiger partial charge in [-0.05, 0) is 19.1 Å². The zero-order valence-electron chi connectivity index (χ0n) is 12.9. The molecule has 0 unspecified atom stereocenters. The molecule has 0 aliphatic heterocycles. The normalized spacial score (nSPS) is 10.9. The summed E-state index contributed by atoms with van der Waals surface area (Å²) in [6.07, 6.45) is -0.0243. The van der Waals surface area contributed by atoms with E-state index in [0.717, 1.165) is 11.0 Å². The molecule has 0 atom stereocenters. The Balaban J connectivity index is 2.03. The standard InChI is InChI=1S/C16H15N3O4S/c1-2-23-16(22)11-9-24-15(18-11)14-17-10-5-3-4-6-12(10)19(14)8-7-13(20)21/h3-6,9H,2,7-8H2,1H3,(H,20,21). The quantitative estimate of drug-likeness (QED) is 0.690. The first-order valence-electron chi connectivity index (χ1n) is 7.40. The number of rotatable bonds is 6. The summed E-state index contributed by atoms with van der Waals surface area (Å²) >= 11 is 1.28. The fourth-order valence-electron chi connectivity index (χ4n) is 2.35. The van der Waals surface area contributed by atoms with Gasteiger partial charge >= 0.3 is 11.9 Å². The van der Waals surface area contributed by atoms with Gasteiger partial charge < -0.3 is 14.4 Å². The molecule has 0 saturated carbocycles. The highest BCUT2D eigenvalue weighted by atomic mass is 32.1. The number of para-hydroxylation sites is 2. The van der Waals surface area contributed by atoms with Gasteiger partial charge in [0.15, 0.2) is 16.5 Å². The fraction of sp³-hybridized carbons (Fsp3) is 0.250. The number of imidazole rings is 1. The van der Waals surface area contributed by atoms with Crippen molar-refractivity contribution in [3.05, 3.63) is 35.3 Å². The summed E-state index contributed by atoms with van der Waals surface area (Å²) in [6, 6.07) is 7.48. The molecule has 0 aliphatic rings. The Morgan fingerprint density at radius 3 is 2.83 bits per heavy atom. The zero-order valence-corrected chi connectivity index (χ0v) is 13.7. The third-order valence-electron chi connectivity index (χ3n) is 3.38. The summed E-state index contributed by atoms with van der Waals surface area (Å²) in [5.74, 6) is -0.809. The first kappa shape index (κ1) is 16.1. The largest absolute Gasteiger partial charge is 0.481 e. The molecule has 3 rings (SSSR count). The minimum atomic E-state index is -0.884. The van der Waals surface area contributed by atoms with E-state index < -0.39 is 11.9 Å². The Labute approximate surface area is 141 Å². The molecule has 1 aromatic carbocycles. The van der Waals surface area contributed by atoms with Crippen LogP contribution >= 0.6 is 11.3 Å². The Morgan fingerprint density at radius 2 is 2.08 bits per heavy atom. The first-order chi connectivity index (χ1) is 11.6. The summed E-state index contributed by atoms with van der Waals surface area (Å²) < 4.78 is 6.76. The predicted octanol–water partition coefficient (Wildman–Crippen LogP) is 2.81. The van der Waals surface area contributed by atoms with Crippen LogP contribution in [0.2, 0.25) is 0 Å². The zero-order chi connectivity index (χ0) is 17.1. The Bertz CT molecular complexity index is 900. The summed E-state index contributed by atoms with van der Waals surface area (Å²) in [5, 5.41) is 11.1. The van der Waals surface area contributed by atoms with Gasteiger partial charge in [-0.25, -0.2) is 14.8 Å². The number of hydrogen-bond donors (Lipinski definition) is 1. The second kappa shape index (κ2) is 6.79. The van der Waals surface area contributed by atoms with E-state index in [-0.39, 0.29) is 25.3 Å². The van der Waals surface area contributed by atoms with Crippen molar-refractivity contribution >= 4 is 34.3 Å². The summed E-state index contributed by atoms with van der Waals surface area (Å²) in [4.78, 5) is 31.6. The van der Waals surface area contributed by atoms with Crippen LogP contribution in [0.3, 0.4) is 0 Å². The molecule has 2 aromatic heterocycles. The van der Waals surface area contributed by atoms with Crippen LogP contribution < -0.4 is 0 Å². The maximum absolute atomic E-state index is 11.8. The number of ether oxygens (including phenoxy) is 1. The number of carbonyl (C=O) groups is 2. The van der Waals surface area contributed by atoms with Crippen molar-refractivity contribution in [3.63, 3.8) is 0 Å². The van der Waals surface area contributed by atoms with Crippen LogP contribution in [0.1, 0.15) is 23.8 Å². The number of esters is 1. The lowest BCUT2D eigenvalue weighted by molar-refractivity contribution is -0.137. The number of fused-ring (bicyclic) bond motifs is 1. The molecule has 3 aromatic rings. The molecule has 2 heterocycles. The minimum Gasteiger partial charge on any atom is -0.481 e. The monoisotopic (exact) mass is 345 g/mol. The van der Waals surface area contributed by atoms with Crippen molar-refractivity contribution in [3.8, 4) is 10.8 Å². The highest BCUT2D eigenvalue weighted by Gasteiger charge is 2.18. The summed E-state index contributed by atoms with van der Waals surface area (Å²) in [7, 11) is 0. The molecule has 0 saturated heterocycles. The Morgan fingerprint density at radius 1 is 1.29 bits per heavy atom. The molecular weight excluding hydrogens is 330 g/mol. The second-order valence-corrected chi connectivity index (χ2v) is 5.84. The van der Waals surface area contributed by atoms with Crippen LogP contribution in [0.4, 0.5) is 0 Å². The van der Waals surface area contributed by atoms with Crippen LogP contribution in [0.5, 0.6) is 0 Å². The molecule has 0 aliphatic carbocycles. The molecule has 0 amide bonds. The molecule has 124 valence electrons. The number of aromatic nitrogens is 3. The van der Waals surface area contributed by atoms with Crippen molar-refractivity contribution in [1.82, 2.24) is 14.5 Å². The van der Waals surface area contributed by atoms with Crippen molar-refractivity contribution < 1.29 is 19.4 Å². The van der Waals surface area contributed by atoms with Gasteiger partial charge in [-0.1, -0.05) is 12.1 Å². The van der Waals surface area contributed by atoms with Crippen molar-refractivity contribution in [2.24, 2.45) is 0 Å². The number of thiazole rings is 1. The number of aryl methyl sites for hydroxylation is 1. The number of carboxylic acids is 1. The summed E-state index contributed by atoms with van der Waals surface area (Å²) in [5.41, 5.74) is 1.82. The van der Waals surface area contributed by atoms with Crippen molar-refractivity contribution in [2.75, 3.05) is 6.61 Å². The third-order valence-corrected chi connectivity index (χ3v) is 4.22. The Kier molecular flexibility index (Phi) is 4.57. The lowest BCUT2D eigenvalue weighted by Crippen LogP contribution is -2.07. The highest BCUT2D eigenvalue weighted by Crippen LogP contribution is 2.28. The number of carbonyl (C=O) groups excluding carboxylic acids is 1. The van der Waals surface area contributed by atoms with Gasteiger partial charge in [-0.3, -0.25) is 4.79 Å². The van der Waals surface area contributed by atoms with Crippen molar-refractivity contribution in [1.29, 1.82) is 0 Å². The lowest BCUT2D eigenvalue weighted by atomic mass is 10.3. The van der Waals surface area contributed by atoms with Crippen LogP contribution in [0.25, 0.3) is 21.9 Å². The number of nitrogens with zero attached hydrogens (tertiary/aromatic N) is 3. The van der Waals surface area contributed by atoms with E-state index in [2.05, 4.69) is 9.97 Å². The molecular formula is C16H15N3O4S. The average molecular weight is 345 g/mol. The predicted molar refractivity (Wildman–Crippen MR) is 89.1 cm³/mol. The fourth-order valence-corrected chi connectivity index (χ4v) is 3.13. The lowest BCUT2D eigenvalue weighted by Gasteiger charge is -2.05. The number of aliphatic carboxylic acids is 1. The molecule has 7 nitrogen and oxygen atoms in total. The van der Waals surface area contributed by atoms with Gasteiger partial charge in [0.05, 0.1) is 24.1 Å². The van der Waals surface area contributed by atoms with E-state index in [0.29, 0.717) is 10.8 Å². The molecule has 0 radical (unpaired) electrons. The SMILES string of the molecule is CCOC(=O)c1csc(-c2nc3ccccc3n2CCC(=O)O)n1. The molecule has 8 heteroatoms. The van der Waals surface area contributed by atoms with E-state index >= 15 is 0 Å². The number of hydrogen-bond acceptors (Lipinski definition) is 6. The second-order valence-electron chi connectivity index (χ2n) is 4.98. The van der Waals surface area contributed by atoms with E-state index in [9.17, 15) is 9.59 Å². The minimum absolute atomic E-state index is 0.0243. The molecule has 0 bridgehead atoms. The van der Waals surface area contributed by atoms with Crippen molar-refractivity contribution in [2.45, 2.75) is 19.9 Å². The van der Waals surface area contributed by atoms with E-state index in [1.807, 2.05) is 28.8 Å². The van der Waals surface area contributed by atoms with Gasteiger partial charge in [0.1, 0.15) is 0 Å². The van der Waals surface area contributed by atoms with Crippen LogP contribution in [0.15, 0.2) is 29.6 Å². The van der Waals surface area contributed by atoms with Gasteiger partial charge in [-0.2, -0.15) is 0 Å². The molecule has 0 spiro atoms.